The molecule has 7 heteroatoms. The Morgan fingerprint density at radius 2 is 1.81 bits per heavy atom. The number of carbonyl (C=O) groups is 1. The number of alkyl halides is 3. The van der Waals surface area contributed by atoms with Crippen LogP contribution in [0.3, 0.4) is 0 Å². The van der Waals surface area contributed by atoms with Crippen LogP contribution < -0.4 is 9.47 Å². The molecule has 3 nitrogen and oxygen atoms in total. The minimum Gasteiger partial charge on any atom is -0.488 e. The molecule has 0 unspecified atom stereocenters. The highest BCUT2D eigenvalue weighted by Gasteiger charge is 2.35. The average molecular weight is 387 g/mol. The molecule has 0 aliphatic rings. The summed E-state index contributed by atoms with van der Waals surface area (Å²) in [6.07, 6.45) is -4.39. The van der Waals surface area contributed by atoms with Gasteiger partial charge in [-0.1, -0.05) is 30.7 Å². The fourth-order valence-electron chi connectivity index (χ4n) is 2.30. The van der Waals surface area contributed by atoms with Gasteiger partial charge >= 0.3 is 12.1 Å². The molecule has 0 bridgehead atoms. The lowest BCUT2D eigenvalue weighted by atomic mass is 10.1. The van der Waals surface area contributed by atoms with Crippen LogP contribution >= 0.6 is 11.6 Å². The molecule has 0 fully saturated rings. The first-order chi connectivity index (χ1) is 12.1. The molecule has 0 N–H and O–H groups in total. The smallest absolute Gasteiger partial charge is 0.419 e. The Morgan fingerprint density at radius 1 is 1.12 bits per heavy atom. The van der Waals surface area contributed by atoms with Crippen LogP contribution in [0.1, 0.15) is 35.6 Å². The Balaban J connectivity index is 2.35. The maximum atomic E-state index is 13.3. The number of rotatable bonds is 5. The van der Waals surface area contributed by atoms with Gasteiger partial charge in [-0.3, -0.25) is 4.79 Å². The van der Waals surface area contributed by atoms with Crippen LogP contribution in [0.2, 0.25) is 5.02 Å². The van der Waals surface area contributed by atoms with Crippen molar-refractivity contribution in [1.82, 2.24) is 0 Å². The lowest BCUT2D eigenvalue weighted by Gasteiger charge is -2.17. The molecule has 140 valence electrons. The summed E-state index contributed by atoms with van der Waals surface area (Å²) in [7, 11) is 0. The molecule has 0 radical (unpaired) electrons. The summed E-state index contributed by atoms with van der Waals surface area (Å²) in [5, 5.41) is 0.176. The van der Waals surface area contributed by atoms with Crippen molar-refractivity contribution in [1.29, 1.82) is 0 Å². The molecule has 0 atom stereocenters. The second-order valence-electron chi connectivity index (χ2n) is 5.76. The van der Waals surface area contributed by atoms with Crippen LogP contribution in [-0.4, -0.2) is 5.97 Å². The van der Waals surface area contributed by atoms with Crippen molar-refractivity contribution in [3.05, 3.63) is 57.6 Å². The van der Waals surface area contributed by atoms with E-state index in [0.29, 0.717) is 11.1 Å². The highest BCUT2D eigenvalue weighted by atomic mass is 35.5. The van der Waals surface area contributed by atoms with Crippen molar-refractivity contribution in [2.45, 2.75) is 40.0 Å². The molecular formula is C19H18ClF3O3. The van der Waals surface area contributed by atoms with E-state index in [4.69, 9.17) is 21.1 Å². The fraction of sp³-hybridized carbons (Fsp3) is 0.316. The maximum absolute atomic E-state index is 13.3. The van der Waals surface area contributed by atoms with E-state index < -0.39 is 17.7 Å². The second-order valence-corrected chi connectivity index (χ2v) is 6.17. The lowest BCUT2D eigenvalue weighted by molar-refractivity contribution is -0.139. The van der Waals surface area contributed by atoms with Gasteiger partial charge < -0.3 is 9.47 Å². The summed E-state index contributed by atoms with van der Waals surface area (Å²) in [6.45, 7) is 4.71. The number of aryl methyl sites for hydroxylation is 2. The average Bonchev–Trinajstić information content (AvgIpc) is 2.56. The van der Waals surface area contributed by atoms with Crippen molar-refractivity contribution >= 4 is 17.6 Å². The predicted molar refractivity (Wildman–Crippen MR) is 92.6 cm³/mol. The van der Waals surface area contributed by atoms with Gasteiger partial charge in [-0.2, -0.15) is 13.2 Å². The minimum atomic E-state index is -4.58. The SMILES string of the molecule is CCC(=O)Oc1cccc(C)c1COc1cc(Cl)c(C)cc1C(F)(F)F. The lowest BCUT2D eigenvalue weighted by Crippen LogP contribution is -2.12. The summed E-state index contributed by atoms with van der Waals surface area (Å²) in [4.78, 5) is 11.6. The molecule has 2 aromatic rings. The van der Waals surface area contributed by atoms with Crippen molar-refractivity contribution in [2.24, 2.45) is 0 Å². The quantitative estimate of drug-likeness (QED) is 0.476. The van der Waals surface area contributed by atoms with Crippen LogP contribution in [-0.2, 0) is 17.6 Å². The van der Waals surface area contributed by atoms with E-state index in [1.165, 1.54) is 6.92 Å². The topological polar surface area (TPSA) is 35.5 Å². The monoisotopic (exact) mass is 386 g/mol. The third-order valence-corrected chi connectivity index (χ3v) is 4.23. The van der Waals surface area contributed by atoms with E-state index in [1.54, 1.807) is 32.0 Å². The van der Waals surface area contributed by atoms with Crippen LogP contribution in [0.4, 0.5) is 13.2 Å². The first-order valence-corrected chi connectivity index (χ1v) is 8.30. The molecule has 0 heterocycles. The predicted octanol–water partition coefficient (Wildman–Crippen LogP) is 5.87. The van der Waals surface area contributed by atoms with Gasteiger partial charge in [0.25, 0.3) is 0 Å². The molecule has 0 saturated heterocycles. The zero-order chi connectivity index (χ0) is 19.5. The van der Waals surface area contributed by atoms with E-state index >= 15 is 0 Å². The van der Waals surface area contributed by atoms with Crippen molar-refractivity contribution < 1.29 is 27.4 Å². The van der Waals surface area contributed by atoms with Crippen molar-refractivity contribution in [3.63, 3.8) is 0 Å². The van der Waals surface area contributed by atoms with E-state index in [-0.39, 0.29) is 29.5 Å². The van der Waals surface area contributed by atoms with Gasteiger partial charge in [-0.15, -0.1) is 0 Å². The Bertz CT molecular complexity index is 816. The highest BCUT2D eigenvalue weighted by molar-refractivity contribution is 6.31. The summed E-state index contributed by atoms with van der Waals surface area (Å²) in [5.74, 6) is -0.543. The normalized spacial score (nSPS) is 11.3. The number of hydrogen-bond donors (Lipinski definition) is 0. The highest BCUT2D eigenvalue weighted by Crippen LogP contribution is 2.39. The first-order valence-electron chi connectivity index (χ1n) is 7.92. The Hall–Kier alpha value is -2.21. The van der Waals surface area contributed by atoms with Gasteiger partial charge in [-0.25, -0.2) is 0 Å². The van der Waals surface area contributed by atoms with E-state index in [2.05, 4.69) is 0 Å². The number of carbonyl (C=O) groups excluding carboxylic acids is 1. The van der Waals surface area contributed by atoms with Crippen molar-refractivity contribution in [2.75, 3.05) is 0 Å². The van der Waals surface area contributed by atoms with E-state index in [9.17, 15) is 18.0 Å². The van der Waals surface area contributed by atoms with Crippen molar-refractivity contribution in [3.8, 4) is 11.5 Å². The van der Waals surface area contributed by atoms with Crippen LogP contribution in [0.5, 0.6) is 11.5 Å². The Kier molecular flexibility index (Phi) is 6.18. The van der Waals surface area contributed by atoms with E-state index in [0.717, 1.165) is 17.7 Å². The number of esters is 1. The second kappa shape index (κ2) is 7.99. The third kappa shape index (κ3) is 4.69. The van der Waals surface area contributed by atoms with E-state index in [1.807, 2.05) is 0 Å². The molecule has 0 spiro atoms. The molecular weight excluding hydrogens is 369 g/mol. The van der Waals surface area contributed by atoms with Crippen LogP contribution in [0.15, 0.2) is 30.3 Å². The standard InChI is InChI=1S/C19H18ClF3O3/c1-4-18(24)26-16-7-5-6-11(2)13(16)10-25-17-9-15(20)12(3)8-14(17)19(21,22)23/h5-9H,4,10H2,1-3H3. The largest absolute Gasteiger partial charge is 0.488 e. The molecule has 0 saturated carbocycles. The van der Waals surface area contributed by atoms with Gasteiger partial charge in [-0.05, 0) is 43.2 Å². The number of hydrogen-bond acceptors (Lipinski definition) is 3. The van der Waals surface area contributed by atoms with Gasteiger partial charge in [0.2, 0.25) is 0 Å². The number of ether oxygens (including phenoxy) is 2. The third-order valence-electron chi connectivity index (χ3n) is 3.82. The van der Waals surface area contributed by atoms with Gasteiger partial charge in [0, 0.05) is 17.0 Å². The Morgan fingerprint density at radius 3 is 2.42 bits per heavy atom. The summed E-state index contributed by atoms with van der Waals surface area (Å²) in [6, 6.07) is 7.13. The summed E-state index contributed by atoms with van der Waals surface area (Å²) in [5.41, 5.74) is 0.636. The molecule has 0 aliphatic heterocycles. The first kappa shape index (κ1) is 20.1. The summed E-state index contributed by atoms with van der Waals surface area (Å²) < 4.78 is 50.5. The Labute approximate surface area is 154 Å². The zero-order valence-corrected chi connectivity index (χ0v) is 15.3. The molecule has 0 amide bonds. The van der Waals surface area contributed by atoms with Crippen LogP contribution in [0.25, 0.3) is 0 Å². The number of benzene rings is 2. The summed E-state index contributed by atoms with van der Waals surface area (Å²) >= 11 is 5.95. The van der Waals surface area contributed by atoms with Gasteiger partial charge in [0.15, 0.2) is 0 Å². The molecule has 0 aliphatic carbocycles. The minimum absolute atomic E-state index is 0.176. The maximum Gasteiger partial charge on any atom is 0.419 e. The van der Waals surface area contributed by atoms with Crippen LogP contribution in [0, 0.1) is 13.8 Å². The number of halogens is 4. The fourth-order valence-corrected chi connectivity index (χ4v) is 2.46. The van der Waals surface area contributed by atoms with Gasteiger partial charge in [0.05, 0.1) is 5.56 Å². The molecule has 2 rings (SSSR count). The van der Waals surface area contributed by atoms with Gasteiger partial charge in [0.1, 0.15) is 18.1 Å². The molecule has 26 heavy (non-hydrogen) atoms. The molecule has 0 aromatic heterocycles. The molecule has 2 aromatic carbocycles. The zero-order valence-electron chi connectivity index (χ0n) is 14.5.